The highest BCUT2D eigenvalue weighted by molar-refractivity contribution is 6.43. The van der Waals surface area contributed by atoms with E-state index >= 15 is 0 Å². The number of benzene rings is 2. The third-order valence-electron chi connectivity index (χ3n) is 3.39. The van der Waals surface area contributed by atoms with Gasteiger partial charge in [-0.2, -0.15) is 0 Å². The largest absolute Gasteiger partial charge is 0.353 e. The van der Waals surface area contributed by atoms with Gasteiger partial charge in [0.05, 0.1) is 25.7 Å². The van der Waals surface area contributed by atoms with Gasteiger partial charge in [0.25, 0.3) is 0 Å². The van der Waals surface area contributed by atoms with Crippen LogP contribution in [0, 0.1) is 15.9 Å². The van der Waals surface area contributed by atoms with E-state index in [4.69, 9.17) is 34.8 Å². The van der Waals surface area contributed by atoms with Crippen molar-refractivity contribution < 1.29 is 9.31 Å². The molecule has 7 nitrogen and oxygen atoms in total. The van der Waals surface area contributed by atoms with E-state index in [9.17, 15) is 14.5 Å². The lowest BCUT2D eigenvalue weighted by Crippen LogP contribution is -2.06. The lowest BCUT2D eigenvalue weighted by Gasteiger charge is -2.11. The molecule has 0 aliphatic heterocycles. The number of anilines is 4. The van der Waals surface area contributed by atoms with Gasteiger partial charge in [-0.1, -0.05) is 40.9 Å². The number of nitrogens with one attached hydrogen (secondary N) is 2. The Morgan fingerprint density at radius 1 is 1.00 bits per heavy atom. The smallest absolute Gasteiger partial charge is 0.334 e. The van der Waals surface area contributed by atoms with Crippen molar-refractivity contribution in [2.24, 2.45) is 0 Å². The van der Waals surface area contributed by atoms with Crippen LogP contribution in [-0.2, 0) is 0 Å². The molecule has 0 spiro atoms. The fourth-order valence-electron chi connectivity index (χ4n) is 2.17. The summed E-state index contributed by atoms with van der Waals surface area (Å²) in [6.07, 6.45) is 1.13. The molecule has 0 unspecified atom stereocenters. The van der Waals surface area contributed by atoms with Crippen LogP contribution in [-0.4, -0.2) is 14.9 Å². The Kier molecular flexibility index (Phi) is 5.59. The highest BCUT2D eigenvalue weighted by atomic mass is 35.5. The predicted molar refractivity (Wildman–Crippen MR) is 103 cm³/mol. The van der Waals surface area contributed by atoms with E-state index in [1.165, 1.54) is 12.1 Å². The number of aromatic nitrogens is 2. The molecular weight excluding hydrogens is 420 g/mol. The predicted octanol–water partition coefficient (Wildman–Crippen LogP) is 5.97. The minimum absolute atomic E-state index is 0.102. The summed E-state index contributed by atoms with van der Waals surface area (Å²) < 4.78 is 13.3. The molecule has 0 atom stereocenters. The normalized spacial score (nSPS) is 10.5. The average molecular weight is 429 g/mol. The zero-order valence-corrected chi connectivity index (χ0v) is 15.5. The highest BCUT2D eigenvalue weighted by Gasteiger charge is 2.24. The van der Waals surface area contributed by atoms with Crippen molar-refractivity contribution >= 4 is 63.5 Å². The van der Waals surface area contributed by atoms with Crippen LogP contribution in [0.15, 0.2) is 42.7 Å². The van der Waals surface area contributed by atoms with Gasteiger partial charge in [-0.25, -0.2) is 14.4 Å². The summed E-state index contributed by atoms with van der Waals surface area (Å²) in [7, 11) is 0. The van der Waals surface area contributed by atoms with Crippen molar-refractivity contribution in [2.45, 2.75) is 0 Å². The summed E-state index contributed by atoms with van der Waals surface area (Å²) >= 11 is 17.8. The number of hydrogen-bond acceptors (Lipinski definition) is 6. The molecule has 138 valence electrons. The van der Waals surface area contributed by atoms with E-state index in [1.54, 1.807) is 18.2 Å². The van der Waals surface area contributed by atoms with Crippen molar-refractivity contribution in [3.8, 4) is 0 Å². The second kappa shape index (κ2) is 7.91. The molecule has 3 aromatic rings. The zero-order valence-electron chi connectivity index (χ0n) is 13.2. The molecule has 0 saturated carbocycles. The summed E-state index contributed by atoms with van der Waals surface area (Å²) in [6.45, 7) is 0. The number of hydrogen-bond donors (Lipinski definition) is 2. The Hall–Kier alpha value is -2.68. The van der Waals surface area contributed by atoms with Gasteiger partial charge in [0.1, 0.15) is 12.1 Å². The molecule has 0 aliphatic carbocycles. The standard InChI is InChI=1S/C16H9Cl3FN5O2/c17-9-2-1-3-12(13(9)19)24-16-14(25(26)27)15(21-7-22-16)23-8-4-5-11(20)10(18)6-8/h1-7H,(H2,21,22,23,24). The first-order valence-corrected chi connectivity index (χ1v) is 8.42. The monoisotopic (exact) mass is 427 g/mol. The summed E-state index contributed by atoms with van der Waals surface area (Å²) in [4.78, 5) is 18.7. The first kappa shape index (κ1) is 19.1. The lowest BCUT2D eigenvalue weighted by atomic mass is 10.3. The second-order valence-electron chi connectivity index (χ2n) is 5.16. The van der Waals surface area contributed by atoms with Gasteiger partial charge in [0.15, 0.2) is 0 Å². The number of halogens is 4. The molecule has 1 heterocycles. The molecule has 2 N–H and O–H groups in total. The van der Waals surface area contributed by atoms with E-state index in [0.29, 0.717) is 11.4 Å². The quantitative estimate of drug-likeness (QED) is 0.384. The molecule has 0 amide bonds. The fraction of sp³-hybridized carbons (Fsp3) is 0. The molecule has 3 rings (SSSR count). The van der Waals surface area contributed by atoms with Gasteiger partial charge in [0.2, 0.25) is 11.6 Å². The molecule has 0 saturated heterocycles. The number of nitro groups is 1. The molecule has 2 aromatic carbocycles. The summed E-state index contributed by atoms with van der Waals surface area (Å²) in [6, 6.07) is 8.57. The van der Waals surface area contributed by atoms with Crippen LogP contribution in [0.2, 0.25) is 15.1 Å². The van der Waals surface area contributed by atoms with Crippen molar-refractivity contribution in [3.05, 3.63) is 73.7 Å². The van der Waals surface area contributed by atoms with Crippen LogP contribution in [0.1, 0.15) is 0 Å². The third kappa shape index (κ3) is 4.19. The minimum Gasteiger partial charge on any atom is -0.334 e. The van der Waals surface area contributed by atoms with E-state index in [0.717, 1.165) is 12.4 Å². The SMILES string of the molecule is O=[N+]([O-])c1c(Nc2ccc(F)c(Cl)c2)ncnc1Nc1cccc(Cl)c1Cl. The lowest BCUT2D eigenvalue weighted by molar-refractivity contribution is -0.383. The first-order valence-electron chi connectivity index (χ1n) is 7.29. The fourth-order valence-corrected chi connectivity index (χ4v) is 2.70. The summed E-state index contributed by atoms with van der Waals surface area (Å²) in [5.41, 5.74) is 0.214. The maximum Gasteiger partial charge on any atom is 0.353 e. The minimum atomic E-state index is -0.658. The first-order chi connectivity index (χ1) is 12.9. The van der Waals surface area contributed by atoms with Crippen molar-refractivity contribution in [1.82, 2.24) is 9.97 Å². The van der Waals surface area contributed by atoms with E-state index in [2.05, 4.69) is 20.6 Å². The van der Waals surface area contributed by atoms with Crippen LogP contribution >= 0.6 is 34.8 Å². The zero-order chi connectivity index (χ0) is 19.6. The van der Waals surface area contributed by atoms with Gasteiger partial charge in [-0.15, -0.1) is 0 Å². The molecule has 0 aliphatic rings. The molecular formula is C16H9Cl3FN5O2. The van der Waals surface area contributed by atoms with E-state index in [-0.39, 0.29) is 26.7 Å². The van der Waals surface area contributed by atoms with Crippen LogP contribution in [0.4, 0.5) is 33.1 Å². The molecule has 11 heteroatoms. The number of rotatable bonds is 5. The number of nitrogens with zero attached hydrogens (tertiary/aromatic N) is 3. The van der Waals surface area contributed by atoms with E-state index in [1.807, 2.05) is 0 Å². The molecule has 27 heavy (non-hydrogen) atoms. The molecule has 0 fully saturated rings. The summed E-state index contributed by atoms with van der Waals surface area (Å²) in [5.74, 6) is -0.828. The van der Waals surface area contributed by atoms with Gasteiger partial charge in [0, 0.05) is 5.69 Å². The van der Waals surface area contributed by atoms with Crippen LogP contribution in [0.5, 0.6) is 0 Å². The van der Waals surface area contributed by atoms with Crippen molar-refractivity contribution in [1.29, 1.82) is 0 Å². The van der Waals surface area contributed by atoms with Crippen molar-refractivity contribution in [2.75, 3.05) is 10.6 Å². The Morgan fingerprint density at radius 2 is 1.70 bits per heavy atom. The Bertz CT molecular complexity index is 1030. The topological polar surface area (TPSA) is 93.0 Å². The summed E-state index contributed by atoms with van der Waals surface area (Å²) in [5, 5.41) is 17.4. The van der Waals surface area contributed by atoms with Crippen LogP contribution < -0.4 is 10.6 Å². The Balaban J connectivity index is 2.01. The van der Waals surface area contributed by atoms with Crippen molar-refractivity contribution in [3.63, 3.8) is 0 Å². The maximum atomic E-state index is 13.3. The maximum absolute atomic E-state index is 13.3. The van der Waals surface area contributed by atoms with Gasteiger partial charge >= 0.3 is 5.69 Å². The van der Waals surface area contributed by atoms with E-state index < -0.39 is 16.4 Å². The van der Waals surface area contributed by atoms with Gasteiger partial charge in [-0.3, -0.25) is 10.1 Å². The average Bonchev–Trinajstić information content (AvgIpc) is 2.62. The third-order valence-corrected chi connectivity index (χ3v) is 4.50. The van der Waals surface area contributed by atoms with Gasteiger partial charge in [-0.05, 0) is 30.3 Å². The highest BCUT2D eigenvalue weighted by Crippen LogP contribution is 2.37. The van der Waals surface area contributed by atoms with Gasteiger partial charge < -0.3 is 10.6 Å². The van der Waals surface area contributed by atoms with Crippen LogP contribution in [0.3, 0.4) is 0 Å². The molecule has 0 bridgehead atoms. The second-order valence-corrected chi connectivity index (χ2v) is 6.35. The Morgan fingerprint density at radius 3 is 2.37 bits per heavy atom. The van der Waals surface area contributed by atoms with Crippen LogP contribution in [0.25, 0.3) is 0 Å². The Labute approximate surface area is 167 Å². The molecule has 0 radical (unpaired) electrons. The molecule has 1 aromatic heterocycles.